The Hall–Kier alpha value is -1.52. The first-order chi connectivity index (χ1) is 9.81. The van der Waals surface area contributed by atoms with E-state index in [1.165, 1.54) is 0 Å². The molecule has 20 heavy (non-hydrogen) atoms. The van der Waals surface area contributed by atoms with Gasteiger partial charge in [0.15, 0.2) is 11.5 Å². The van der Waals surface area contributed by atoms with Gasteiger partial charge in [-0.3, -0.25) is 0 Å². The first-order valence-electron chi connectivity index (χ1n) is 7.23. The molecule has 0 amide bonds. The first kappa shape index (κ1) is 13.5. The summed E-state index contributed by atoms with van der Waals surface area (Å²) in [6.07, 6.45) is 5.18. The van der Waals surface area contributed by atoms with Gasteiger partial charge in [0.2, 0.25) is 0 Å². The van der Waals surface area contributed by atoms with E-state index in [4.69, 9.17) is 14.2 Å². The molecule has 2 aliphatic heterocycles. The summed E-state index contributed by atoms with van der Waals surface area (Å²) in [6, 6.07) is 6.74. The summed E-state index contributed by atoms with van der Waals surface area (Å²) in [5.41, 5.74) is 1.12. The molecule has 1 saturated heterocycles. The van der Waals surface area contributed by atoms with E-state index in [2.05, 4.69) is 30.5 Å². The predicted octanol–water partition coefficient (Wildman–Crippen LogP) is 2.24. The van der Waals surface area contributed by atoms with Crippen molar-refractivity contribution in [3.63, 3.8) is 0 Å². The number of hydrogen-bond donors (Lipinski definition) is 1. The predicted molar refractivity (Wildman–Crippen MR) is 78.3 cm³/mol. The summed E-state index contributed by atoms with van der Waals surface area (Å²) in [7, 11) is 0. The van der Waals surface area contributed by atoms with E-state index in [0.717, 1.165) is 49.9 Å². The summed E-state index contributed by atoms with van der Waals surface area (Å²) in [4.78, 5) is 0. The average molecular weight is 275 g/mol. The maximum Gasteiger partial charge on any atom is 0.161 e. The Morgan fingerprint density at radius 1 is 1.15 bits per heavy atom. The van der Waals surface area contributed by atoms with Crippen LogP contribution in [0, 0.1) is 0 Å². The van der Waals surface area contributed by atoms with Gasteiger partial charge in [0.25, 0.3) is 0 Å². The van der Waals surface area contributed by atoms with Crippen LogP contribution in [0.5, 0.6) is 11.5 Å². The highest BCUT2D eigenvalue weighted by atomic mass is 16.5. The molecule has 3 rings (SSSR count). The third-order valence-corrected chi connectivity index (χ3v) is 3.46. The van der Waals surface area contributed by atoms with E-state index in [9.17, 15) is 0 Å². The molecule has 0 radical (unpaired) electrons. The maximum absolute atomic E-state index is 5.70. The fraction of sp³-hybridized carbons (Fsp3) is 0.500. The standard InChI is InChI=1S/C16H21NO3/c1-12-10-18-11-14(17-12)5-3-13-4-6-15-16(9-13)20-8-2-7-19-15/h3-6,9,12,14,17H,2,7-8,10-11H2,1H3/b5-3+. The summed E-state index contributed by atoms with van der Waals surface area (Å²) < 4.78 is 16.9. The van der Waals surface area contributed by atoms with E-state index in [1.54, 1.807) is 0 Å². The lowest BCUT2D eigenvalue weighted by atomic mass is 10.1. The molecule has 2 aliphatic rings. The van der Waals surface area contributed by atoms with Crippen molar-refractivity contribution in [2.24, 2.45) is 0 Å². The number of hydrogen-bond acceptors (Lipinski definition) is 4. The minimum Gasteiger partial charge on any atom is -0.490 e. The highest BCUT2D eigenvalue weighted by molar-refractivity contribution is 5.56. The zero-order valence-corrected chi connectivity index (χ0v) is 11.8. The number of rotatable bonds is 2. The number of ether oxygens (including phenoxy) is 3. The summed E-state index contributed by atoms with van der Waals surface area (Å²) in [5.74, 6) is 1.68. The third kappa shape index (κ3) is 3.32. The molecule has 1 aromatic carbocycles. The van der Waals surface area contributed by atoms with Crippen LogP contribution in [0.15, 0.2) is 24.3 Å². The van der Waals surface area contributed by atoms with Crippen molar-refractivity contribution in [3.8, 4) is 11.5 Å². The van der Waals surface area contributed by atoms with E-state index in [1.807, 2.05) is 12.1 Å². The molecule has 2 atom stereocenters. The van der Waals surface area contributed by atoms with Crippen LogP contribution in [0.4, 0.5) is 0 Å². The number of benzene rings is 1. The summed E-state index contributed by atoms with van der Waals surface area (Å²) in [5, 5.41) is 3.49. The Kier molecular flexibility index (Phi) is 4.23. The minimum absolute atomic E-state index is 0.273. The Morgan fingerprint density at radius 3 is 2.85 bits per heavy atom. The monoisotopic (exact) mass is 275 g/mol. The van der Waals surface area contributed by atoms with Gasteiger partial charge in [0.05, 0.1) is 26.4 Å². The molecule has 1 N–H and O–H groups in total. The van der Waals surface area contributed by atoms with Crippen molar-refractivity contribution in [2.75, 3.05) is 26.4 Å². The van der Waals surface area contributed by atoms with Gasteiger partial charge in [-0.15, -0.1) is 0 Å². The van der Waals surface area contributed by atoms with Crippen molar-refractivity contribution >= 4 is 6.08 Å². The molecule has 4 nitrogen and oxygen atoms in total. The minimum atomic E-state index is 0.273. The van der Waals surface area contributed by atoms with Crippen LogP contribution < -0.4 is 14.8 Å². The molecule has 108 valence electrons. The molecule has 2 heterocycles. The van der Waals surface area contributed by atoms with E-state index in [0.29, 0.717) is 6.04 Å². The second kappa shape index (κ2) is 6.29. The highest BCUT2D eigenvalue weighted by Crippen LogP contribution is 2.30. The lowest BCUT2D eigenvalue weighted by Gasteiger charge is -2.26. The quantitative estimate of drug-likeness (QED) is 0.898. The van der Waals surface area contributed by atoms with Crippen LogP contribution in [-0.2, 0) is 4.74 Å². The zero-order valence-electron chi connectivity index (χ0n) is 11.8. The average Bonchev–Trinajstić information content (AvgIpc) is 2.70. The van der Waals surface area contributed by atoms with Gasteiger partial charge >= 0.3 is 0 Å². The molecule has 0 aromatic heterocycles. The third-order valence-electron chi connectivity index (χ3n) is 3.46. The fourth-order valence-corrected chi connectivity index (χ4v) is 2.46. The van der Waals surface area contributed by atoms with E-state index in [-0.39, 0.29) is 6.04 Å². The van der Waals surface area contributed by atoms with Crippen molar-refractivity contribution in [1.82, 2.24) is 5.32 Å². The molecule has 0 bridgehead atoms. The summed E-state index contributed by atoms with van der Waals surface area (Å²) >= 11 is 0. The van der Waals surface area contributed by atoms with Crippen molar-refractivity contribution in [2.45, 2.75) is 25.4 Å². The molecule has 0 spiro atoms. The van der Waals surface area contributed by atoms with Gasteiger partial charge in [-0.2, -0.15) is 0 Å². The Morgan fingerprint density at radius 2 is 2.00 bits per heavy atom. The number of morpholine rings is 1. The zero-order chi connectivity index (χ0) is 13.8. The van der Waals surface area contributed by atoms with Crippen LogP contribution in [-0.4, -0.2) is 38.5 Å². The van der Waals surface area contributed by atoms with E-state index < -0.39 is 0 Å². The van der Waals surface area contributed by atoms with Gasteiger partial charge in [-0.05, 0) is 24.6 Å². The Labute approximate surface area is 119 Å². The van der Waals surface area contributed by atoms with Gasteiger partial charge < -0.3 is 19.5 Å². The van der Waals surface area contributed by atoms with Crippen molar-refractivity contribution in [3.05, 3.63) is 29.8 Å². The second-order valence-corrected chi connectivity index (χ2v) is 5.33. The Balaban J connectivity index is 1.69. The molecular weight excluding hydrogens is 254 g/mol. The lowest BCUT2D eigenvalue weighted by Crippen LogP contribution is -2.46. The Bertz CT molecular complexity index is 487. The van der Waals surface area contributed by atoms with Crippen LogP contribution in [0.3, 0.4) is 0 Å². The van der Waals surface area contributed by atoms with Gasteiger partial charge in [-0.25, -0.2) is 0 Å². The molecule has 0 aliphatic carbocycles. The first-order valence-corrected chi connectivity index (χ1v) is 7.23. The molecule has 2 unspecified atom stereocenters. The molecule has 0 saturated carbocycles. The molecule has 1 aromatic rings. The number of fused-ring (bicyclic) bond motifs is 1. The van der Waals surface area contributed by atoms with E-state index >= 15 is 0 Å². The van der Waals surface area contributed by atoms with Gasteiger partial charge in [0, 0.05) is 18.5 Å². The van der Waals surface area contributed by atoms with Gasteiger partial charge in [0.1, 0.15) is 0 Å². The molecule has 1 fully saturated rings. The summed E-state index contributed by atoms with van der Waals surface area (Å²) in [6.45, 7) is 5.09. The largest absolute Gasteiger partial charge is 0.490 e. The normalized spacial score (nSPS) is 26.4. The smallest absolute Gasteiger partial charge is 0.161 e. The SMILES string of the molecule is CC1COCC(/C=C/c2ccc3c(c2)OCCCO3)N1. The van der Waals surface area contributed by atoms with Crippen molar-refractivity contribution < 1.29 is 14.2 Å². The topological polar surface area (TPSA) is 39.7 Å². The number of nitrogens with one attached hydrogen (secondary N) is 1. The highest BCUT2D eigenvalue weighted by Gasteiger charge is 2.15. The van der Waals surface area contributed by atoms with Crippen LogP contribution in [0.2, 0.25) is 0 Å². The van der Waals surface area contributed by atoms with Crippen LogP contribution in [0.25, 0.3) is 6.08 Å². The fourth-order valence-electron chi connectivity index (χ4n) is 2.46. The second-order valence-electron chi connectivity index (χ2n) is 5.33. The van der Waals surface area contributed by atoms with Crippen molar-refractivity contribution in [1.29, 1.82) is 0 Å². The van der Waals surface area contributed by atoms with Crippen LogP contribution in [0.1, 0.15) is 18.9 Å². The molecular formula is C16H21NO3. The van der Waals surface area contributed by atoms with Gasteiger partial charge in [-0.1, -0.05) is 18.2 Å². The maximum atomic E-state index is 5.70. The van der Waals surface area contributed by atoms with Crippen LogP contribution >= 0.6 is 0 Å². The lowest BCUT2D eigenvalue weighted by molar-refractivity contribution is 0.0637. The molecule has 4 heteroatoms.